The predicted molar refractivity (Wildman–Crippen MR) is 74.0 cm³/mol. The Balaban J connectivity index is 1.94. The second-order valence-corrected chi connectivity index (χ2v) is 5.35. The maximum Gasteiger partial charge on any atom is 0.326 e. The molecule has 0 bridgehead atoms. The number of aliphatic carboxylic acids is 1. The fraction of sp³-hybridized carbons (Fsp3) is 0.333. The van der Waals surface area contributed by atoms with Crippen LogP contribution < -0.4 is 0 Å². The Morgan fingerprint density at radius 2 is 2.10 bits per heavy atom. The highest BCUT2D eigenvalue weighted by atomic mass is 16.4. The lowest BCUT2D eigenvalue weighted by Gasteiger charge is -2.19. The lowest BCUT2D eigenvalue weighted by Crippen LogP contribution is -2.40. The minimum absolute atomic E-state index is 0.00583. The van der Waals surface area contributed by atoms with Crippen LogP contribution in [0.1, 0.15) is 22.5 Å². The number of carboxylic acid groups (broad SMARTS) is 1. The first-order valence-electron chi connectivity index (χ1n) is 6.68. The average Bonchev–Trinajstić information content (AvgIpc) is 3.00. The third kappa shape index (κ3) is 2.38. The Morgan fingerprint density at radius 3 is 2.81 bits per heavy atom. The highest BCUT2D eigenvalue weighted by molar-refractivity contribution is 5.98. The van der Waals surface area contributed by atoms with E-state index in [4.69, 9.17) is 9.52 Å². The normalized spacial score (nSPS) is 21.9. The van der Waals surface area contributed by atoms with Crippen LogP contribution in [0.15, 0.2) is 28.7 Å². The second kappa shape index (κ2) is 4.89. The Kier molecular flexibility index (Phi) is 3.17. The van der Waals surface area contributed by atoms with Gasteiger partial charge >= 0.3 is 5.97 Å². The van der Waals surface area contributed by atoms with Crippen molar-refractivity contribution in [3.05, 3.63) is 35.6 Å². The van der Waals surface area contributed by atoms with Crippen LogP contribution in [0.5, 0.6) is 0 Å². The van der Waals surface area contributed by atoms with Crippen LogP contribution in [-0.4, -0.2) is 45.7 Å². The number of nitrogens with zero attached hydrogens (tertiary/aromatic N) is 1. The molecular formula is C15H15NO5. The van der Waals surface area contributed by atoms with E-state index >= 15 is 0 Å². The molecule has 2 atom stereocenters. The molecule has 2 heterocycles. The monoisotopic (exact) mass is 289 g/mol. The van der Waals surface area contributed by atoms with Crippen molar-refractivity contribution < 1.29 is 24.2 Å². The van der Waals surface area contributed by atoms with Gasteiger partial charge in [-0.05, 0) is 25.1 Å². The van der Waals surface area contributed by atoms with Crippen molar-refractivity contribution in [2.24, 2.45) is 0 Å². The van der Waals surface area contributed by atoms with Crippen LogP contribution in [0.3, 0.4) is 0 Å². The molecule has 21 heavy (non-hydrogen) atoms. The molecule has 2 aromatic rings. The number of rotatable bonds is 2. The molecule has 0 radical (unpaired) electrons. The van der Waals surface area contributed by atoms with Crippen molar-refractivity contribution in [1.82, 2.24) is 4.90 Å². The number of hydrogen-bond acceptors (Lipinski definition) is 4. The summed E-state index contributed by atoms with van der Waals surface area (Å²) >= 11 is 0. The number of carboxylic acids is 1. The van der Waals surface area contributed by atoms with Gasteiger partial charge in [0.2, 0.25) is 0 Å². The smallest absolute Gasteiger partial charge is 0.326 e. The molecule has 1 aromatic heterocycles. The Labute approximate surface area is 120 Å². The summed E-state index contributed by atoms with van der Waals surface area (Å²) in [5, 5.41) is 19.5. The lowest BCUT2D eigenvalue weighted by atomic mass is 10.2. The third-order valence-electron chi connectivity index (χ3n) is 3.71. The standard InChI is InChI=1S/C15H15NO5/c1-8-2-3-12-9(4-8)5-13(21-12)14(18)16-7-10(17)6-11(16)15(19)20/h2-5,10-11,17H,6-7H2,1H3,(H,19,20)/t10?,11-/m0/s1. The molecule has 1 aliphatic rings. The zero-order chi connectivity index (χ0) is 15.1. The van der Waals surface area contributed by atoms with E-state index in [1.54, 1.807) is 12.1 Å². The van der Waals surface area contributed by atoms with E-state index < -0.39 is 24.0 Å². The molecule has 1 fully saturated rings. The maximum absolute atomic E-state index is 12.4. The van der Waals surface area contributed by atoms with Gasteiger partial charge in [0.15, 0.2) is 5.76 Å². The van der Waals surface area contributed by atoms with Gasteiger partial charge in [-0.3, -0.25) is 4.79 Å². The molecule has 0 aliphatic carbocycles. The molecule has 1 unspecified atom stereocenters. The topological polar surface area (TPSA) is 91.0 Å². The van der Waals surface area contributed by atoms with E-state index in [9.17, 15) is 14.7 Å². The number of carbonyl (C=O) groups excluding carboxylic acids is 1. The van der Waals surface area contributed by atoms with E-state index in [0.29, 0.717) is 5.58 Å². The first-order chi connectivity index (χ1) is 9.95. The summed E-state index contributed by atoms with van der Waals surface area (Å²) in [7, 11) is 0. The van der Waals surface area contributed by atoms with Gasteiger partial charge in [-0.25, -0.2) is 4.79 Å². The number of benzene rings is 1. The fourth-order valence-corrected chi connectivity index (χ4v) is 2.68. The zero-order valence-electron chi connectivity index (χ0n) is 11.4. The molecule has 1 amide bonds. The van der Waals surface area contributed by atoms with E-state index in [-0.39, 0.29) is 18.7 Å². The molecule has 1 aliphatic heterocycles. The summed E-state index contributed by atoms with van der Waals surface area (Å²) in [6.07, 6.45) is -0.776. The largest absolute Gasteiger partial charge is 0.480 e. The molecule has 2 N–H and O–H groups in total. The minimum Gasteiger partial charge on any atom is -0.480 e. The Morgan fingerprint density at radius 1 is 1.33 bits per heavy atom. The van der Waals surface area contributed by atoms with E-state index in [2.05, 4.69) is 0 Å². The second-order valence-electron chi connectivity index (χ2n) is 5.35. The van der Waals surface area contributed by atoms with Crippen molar-refractivity contribution in [3.63, 3.8) is 0 Å². The number of carbonyl (C=O) groups is 2. The summed E-state index contributed by atoms with van der Waals surface area (Å²) < 4.78 is 5.49. The number of fused-ring (bicyclic) bond motifs is 1. The van der Waals surface area contributed by atoms with Gasteiger partial charge in [-0.1, -0.05) is 11.6 Å². The number of β-amino-alcohol motifs (C(OH)–C–C–N with tert-alkyl or cyclic N) is 1. The number of hydrogen-bond donors (Lipinski definition) is 2. The first-order valence-corrected chi connectivity index (χ1v) is 6.68. The zero-order valence-corrected chi connectivity index (χ0v) is 11.4. The third-order valence-corrected chi connectivity index (χ3v) is 3.71. The van der Waals surface area contributed by atoms with Crippen molar-refractivity contribution in [3.8, 4) is 0 Å². The van der Waals surface area contributed by atoms with Crippen LogP contribution in [0.25, 0.3) is 11.0 Å². The van der Waals surface area contributed by atoms with E-state index in [0.717, 1.165) is 15.8 Å². The van der Waals surface area contributed by atoms with Crippen LogP contribution in [-0.2, 0) is 4.79 Å². The quantitative estimate of drug-likeness (QED) is 0.872. The molecule has 1 aromatic carbocycles. The highest BCUT2D eigenvalue weighted by Crippen LogP contribution is 2.25. The fourth-order valence-electron chi connectivity index (χ4n) is 2.68. The number of furan rings is 1. The summed E-state index contributed by atoms with van der Waals surface area (Å²) in [5.41, 5.74) is 1.62. The van der Waals surface area contributed by atoms with Crippen LogP contribution in [0.4, 0.5) is 0 Å². The Hall–Kier alpha value is -2.34. The van der Waals surface area contributed by atoms with Crippen LogP contribution in [0.2, 0.25) is 0 Å². The van der Waals surface area contributed by atoms with Gasteiger partial charge < -0.3 is 19.5 Å². The summed E-state index contributed by atoms with van der Waals surface area (Å²) in [6, 6.07) is 6.13. The molecular weight excluding hydrogens is 274 g/mol. The van der Waals surface area contributed by atoms with Gasteiger partial charge in [0.05, 0.1) is 6.10 Å². The summed E-state index contributed by atoms with van der Waals surface area (Å²) in [4.78, 5) is 24.7. The SMILES string of the molecule is Cc1ccc2oc(C(=O)N3CC(O)C[C@H]3C(=O)O)cc2c1. The number of aliphatic hydroxyl groups is 1. The molecule has 6 nitrogen and oxygen atoms in total. The first kappa shape index (κ1) is 13.6. The van der Waals surface area contributed by atoms with Gasteiger partial charge in [0, 0.05) is 18.4 Å². The summed E-state index contributed by atoms with van der Waals surface area (Å²) in [6.45, 7) is 1.94. The maximum atomic E-state index is 12.4. The number of likely N-dealkylation sites (tertiary alicyclic amines) is 1. The Bertz CT molecular complexity index is 720. The van der Waals surface area contributed by atoms with Crippen LogP contribution >= 0.6 is 0 Å². The van der Waals surface area contributed by atoms with Crippen molar-refractivity contribution in [2.45, 2.75) is 25.5 Å². The van der Waals surface area contributed by atoms with Gasteiger partial charge in [-0.2, -0.15) is 0 Å². The van der Waals surface area contributed by atoms with E-state index in [1.165, 1.54) is 0 Å². The van der Waals surface area contributed by atoms with Crippen molar-refractivity contribution in [2.75, 3.05) is 6.54 Å². The van der Waals surface area contributed by atoms with E-state index in [1.807, 2.05) is 19.1 Å². The van der Waals surface area contributed by atoms with Gasteiger partial charge in [0.1, 0.15) is 11.6 Å². The van der Waals surface area contributed by atoms with Crippen molar-refractivity contribution in [1.29, 1.82) is 0 Å². The molecule has 0 saturated carbocycles. The lowest BCUT2D eigenvalue weighted by molar-refractivity contribution is -0.141. The molecule has 6 heteroatoms. The molecule has 1 saturated heterocycles. The van der Waals surface area contributed by atoms with Gasteiger partial charge in [-0.15, -0.1) is 0 Å². The number of amides is 1. The minimum atomic E-state index is -1.12. The molecule has 3 rings (SSSR count). The summed E-state index contributed by atoms with van der Waals surface area (Å²) in [5.74, 6) is -1.53. The van der Waals surface area contributed by atoms with Crippen LogP contribution in [0, 0.1) is 6.92 Å². The number of aryl methyl sites for hydroxylation is 1. The highest BCUT2D eigenvalue weighted by Gasteiger charge is 2.40. The van der Waals surface area contributed by atoms with Crippen molar-refractivity contribution >= 4 is 22.8 Å². The average molecular weight is 289 g/mol. The molecule has 0 spiro atoms. The van der Waals surface area contributed by atoms with Gasteiger partial charge in [0.25, 0.3) is 5.91 Å². The molecule has 110 valence electrons. The number of aliphatic hydroxyl groups excluding tert-OH is 1. The predicted octanol–water partition coefficient (Wildman–Crippen LogP) is 1.40.